The van der Waals surface area contributed by atoms with Crippen LogP contribution in [0, 0.1) is 0 Å². The predicted molar refractivity (Wildman–Crippen MR) is 76.3 cm³/mol. The van der Waals surface area contributed by atoms with E-state index in [0.717, 1.165) is 11.4 Å². The van der Waals surface area contributed by atoms with Gasteiger partial charge in [-0.05, 0) is 32.9 Å². The molecule has 0 aromatic carbocycles. The van der Waals surface area contributed by atoms with Crippen LogP contribution in [0.5, 0.6) is 0 Å². The first-order valence-electron chi connectivity index (χ1n) is 6.30. The van der Waals surface area contributed by atoms with Gasteiger partial charge in [-0.15, -0.1) is 0 Å². The first-order valence-corrected chi connectivity index (χ1v) is 6.30. The number of hydrogen-bond acceptors (Lipinski definition) is 4. The zero-order valence-electron chi connectivity index (χ0n) is 12.0. The molecule has 0 saturated heterocycles. The third-order valence-electron chi connectivity index (χ3n) is 2.44. The number of carbonyl (C=O) groups is 1. The van der Waals surface area contributed by atoms with Crippen molar-refractivity contribution in [2.24, 2.45) is 7.05 Å². The summed E-state index contributed by atoms with van der Waals surface area (Å²) < 4.78 is 6.84. The van der Waals surface area contributed by atoms with E-state index in [-0.39, 0.29) is 0 Å². The van der Waals surface area contributed by atoms with Gasteiger partial charge in [0.15, 0.2) is 5.82 Å². The molecule has 0 saturated carbocycles. The lowest BCUT2D eigenvalue weighted by Gasteiger charge is -2.18. The highest BCUT2D eigenvalue weighted by molar-refractivity contribution is 5.84. The summed E-state index contributed by atoms with van der Waals surface area (Å²) >= 11 is 0. The van der Waals surface area contributed by atoms with E-state index in [1.807, 2.05) is 39.0 Å². The Balaban J connectivity index is 2.14. The molecule has 6 nitrogen and oxygen atoms in total. The zero-order chi connectivity index (χ0) is 14.8. The number of hydrogen-bond donors (Lipinski definition) is 1. The predicted octanol–water partition coefficient (Wildman–Crippen LogP) is 2.83. The largest absolute Gasteiger partial charge is 0.444 e. The lowest BCUT2D eigenvalue weighted by molar-refractivity contribution is 0.0635. The van der Waals surface area contributed by atoms with Crippen LogP contribution < -0.4 is 5.32 Å². The Labute approximate surface area is 117 Å². The summed E-state index contributed by atoms with van der Waals surface area (Å²) in [4.78, 5) is 15.9. The molecule has 0 atom stereocenters. The molecule has 0 aliphatic rings. The lowest BCUT2D eigenvalue weighted by atomic mass is 10.2. The molecular weight excluding hydrogens is 256 g/mol. The van der Waals surface area contributed by atoms with E-state index in [2.05, 4.69) is 15.4 Å². The van der Waals surface area contributed by atoms with Crippen molar-refractivity contribution >= 4 is 11.9 Å². The van der Waals surface area contributed by atoms with Crippen LogP contribution in [0.15, 0.2) is 30.5 Å². The molecule has 0 aliphatic heterocycles. The van der Waals surface area contributed by atoms with Gasteiger partial charge in [0, 0.05) is 19.3 Å². The molecule has 0 unspecified atom stereocenters. The van der Waals surface area contributed by atoms with Gasteiger partial charge in [0.2, 0.25) is 0 Å². The molecule has 0 radical (unpaired) electrons. The van der Waals surface area contributed by atoms with Crippen LogP contribution in [0.3, 0.4) is 0 Å². The molecule has 0 fully saturated rings. The molecule has 2 rings (SSSR count). The first kappa shape index (κ1) is 14.0. The average molecular weight is 274 g/mol. The number of carbonyl (C=O) groups excluding carboxylic acids is 1. The number of rotatable bonds is 2. The minimum Gasteiger partial charge on any atom is -0.444 e. The number of nitrogens with one attached hydrogen (secondary N) is 1. The van der Waals surface area contributed by atoms with Crippen molar-refractivity contribution in [1.82, 2.24) is 14.8 Å². The van der Waals surface area contributed by atoms with Crippen molar-refractivity contribution < 1.29 is 9.53 Å². The van der Waals surface area contributed by atoms with Crippen molar-refractivity contribution in [3.8, 4) is 11.4 Å². The summed E-state index contributed by atoms with van der Waals surface area (Å²) in [6, 6.07) is 7.39. The number of pyridine rings is 1. The quantitative estimate of drug-likeness (QED) is 0.914. The van der Waals surface area contributed by atoms with Gasteiger partial charge in [-0.25, -0.2) is 4.79 Å². The summed E-state index contributed by atoms with van der Waals surface area (Å²) in [6.07, 6.45) is 1.19. The molecule has 106 valence electrons. The molecule has 6 heteroatoms. The Hall–Kier alpha value is -2.37. The van der Waals surface area contributed by atoms with Crippen molar-refractivity contribution in [3.63, 3.8) is 0 Å². The van der Waals surface area contributed by atoms with E-state index in [4.69, 9.17) is 4.74 Å². The number of anilines is 1. The highest BCUT2D eigenvalue weighted by atomic mass is 16.6. The van der Waals surface area contributed by atoms with Crippen LogP contribution in [0.2, 0.25) is 0 Å². The molecule has 1 amide bonds. The number of nitrogens with zero attached hydrogens (tertiary/aromatic N) is 3. The highest BCUT2D eigenvalue weighted by Gasteiger charge is 2.17. The van der Waals surface area contributed by atoms with Gasteiger partial charge >= 0.3 is 6.09 Å². The summed E-state index contributed by atoms with van der Waals surface area (Å²) in [5, 5.41) is 6.83. The van der Waals surface area contributed by atoms with E-state index < -0.39 is 11.7 Å². The van der Waals surface area contributed by atoms with E-state index in [9.17, 15) is 4.79 Å². The van der Waals surface area contributed by atoms with E-state index in [0.29, 0.717) is 5.82 Å². The SMILES string of the molecule is Cn1nc(NC(=O)OC(C)(C)C)cc1-c1ccccn1. The molecule has 0 bridgehead atoms. The third kappa shape index (κ3) is 3.57. The highest BCUT2D eigenvalue weighted by Crippen LogP contribution is 2.20. The van der Waals surface area contributed by atoms with Gasteiger partial charge < -0.3 is 4.74 Å². The van der Waals surface area contributed by atoms with Crippen LogP contribution in [-0.2, 0) is 11.8 Å². The molecular formula is C14H18N4O2. The van der Waals surface area contributed by atoms with Gasteiger partial charge in [0.25, 0.3) is 0 Å². The standard InChI is InChI=1S/C14H18N4O2/c1-14(2,3)20-13(19)16-12-9-11(18(4)17-12)10-7-5-6-8-15-10/h5-9H,1-4H3,(H,16,17,19). The second kappa shape index (κ2) is 5.32. The van der Waals surface area contributed by atoms with Crippen molar-refractivity contribution in [2.75, 3.05) is 5.32 Å². The maximum Gasteiger partial charge on any atom is 0.413 e. The minimum absolute atomic E-state index is 0.433. The smallest absolute Gasteiger partial charge is 0.413 e. The van der Waals surface area contributed by atoms with Gasteiger partial charge in [-0.1, -0.05) is 6.07 Å². The average Bonchev–Trinajstić information content (AvgIpc) is 2.68. The monoisotopic (exact) mass is 274 g/mol. The van der Waals surface area contributed by atoms with E-state index in [1.54, 1.807) is 24.0 Å². The van der Waals surface area contributed by atoms with Crippen LogP contribution >= 0.6 is 0 Å². The topological polar surface area (TPSA) is 69.0 Å². The van der Waals surface area contributed by atoms with E-state index in [1.165, 1.54) is 0 Å². The van der Waals surface area contributed by atoms with Crippen LogP contribution in [0.25, 0.3) is 11.4 Å². The summed E-state index contributed by atoms with van der Waals surface area (Å²) in [5.74, 6) is 0.433. The summed E-state index contributed by atoms with van der Waals surface area (Å²) in [6.45, 7) is 5.43. The Morgan fingerprint density at radius 3 is 2.70 bits per heavy atom. The molecule has 0 spiro atoms. The maximum atomic E-state index is 11.7. The molecule has 2 heterocycles. The number of amides is 1. The fourth-order valence-electron chi connectivity index (χ4n) is 1.69. The van der Waals surface area contributed by atoms with Crippen LogP contribution in [0.4, 0.5) is 10.6 Å². The van der Waals surface area contributed by atoms with Gasteiger partial charge in [-0.2, -0.15) is 5.10 Å². The molecule has 2 aromatic heterocycles. The molecule has 1 N–H and O–H groups in total. The van der Waals surface area contributed by atoms with Crippen molar-refractivity contribution in [3.05, 3.63) is 30.5 Å². The molecule has 0 aliphatic carbocycles. The molecule has 20 heavy (non-hydrogen) atoms. The first-order chi connectivity index (χ1) is 9.35. The minimum atomic E-state index is -0.539. The van der Waals surface area contributed by atoms with Gasteiger partial charge in [0.1, 0.15) is 5.60 Å². The Bertz CT molecular complexity index is 599. The fraction of sp³-hybridized carbons (Fsp3) is 0.357. The molecule has 2 aromatic rings. The Morgan fingerprint density at radius 1 is 1.35 bits per heavy atom. The third-order valence-corrected chi connectivity index (χ3v) is 2.44. The number of ether oxygens (including phenoxy) is 1. The van der Waals surface area contributed by atoms with E-state index >= 15 is 0 Å². The summed E-state index contributed by atoms with van der Waals surface area (Å²) in [7, 11) is 1.80. The van der Waals surface area contributed by atoms with Crippen LogP contribution in [0.1, 0.15) is 20.8 Å². The van der Waals surface area contributed by atoms with Gasteiger partial charge in [-0.3, -0.25) is 15.0 Å². The summed E-state index contributed by atoms with van der Waals surface area (Å²) in [5.41, 5.74) is 1.07. The number of aryl methyl sites for hydroxylation is 1. The van der Waals surface area contributed by atoms with Crippen molar-refractivity contribution in [1.29, 1.82) is 0 Å². The maximum absolute atomic E-state index is 11.7. The fourth-order valence-corrected chi connectivity index (χ4v) is 1.69. The Kier molecular flexibility index (Phi) is 3.74. The Morgan fingerprint density at radius 2 is 2.10 bits per heavy atom. The van der Waals surface area contributed by atoms with Crippen LogP contribution in [-0.4, -0.2) is 26.5 Å². The normalized spacial score (nSPS) is 11.2. The van der Waals surface area contributed by atoms with Crippen molar-refractivity contribution in [2.45, 2.75) is 26.4 Å². The lowest BCUT2D eigenvalue weighted by Crippen LogP contribution is -2.27. The second-order valence-corrected chi connectivity index (χ2v) is 5.38. The van der Waals surface area contributed by atoms with Gasteiger partial charge in [0.05, 0.1) is 11.4 Å². The number of aromatic nitrogens is 3. The second-order valence-electron chi connectivity index (χ2n) is 5.38. The zero-order valence-corrected chi connectivity index (χ0v) is 12.0.